The Morgan fingerprint density at radius 2 is 1.62 bits per heavy atom. The van der Waals surface area contributed by atoms with Crippen LogP contribution < -0.4 is 0 Å². The molecule has 0 bridgehead atoms. The van der Waals surface area contributed by atoms with Crippen molar-refractivity contribution in [1.29, 1.82) is 0 Å². The number of carbonyl (C=O) groups excluding carboxylic acids is 1. The van der Waals surface area contributed by atoms with Crippen LogP contribution in [-0.2, 0) is 9.53 Å². The highest BCUT2D eigenvalue weighted by molar-refractivity contribution is 8.33. The SMILES string of the molecule is CCOC(=O)C1=C[SH](c2ccc(O)cc2)C(c2ccc(O)cc2)=N1. The van der Waals surface area contributed by atoms with Gasteiger partial charge in [0, 0.05) is 5.56 Å². The number of hydrogen-bond donors (Lipinski definition) is 3. The van der Waals surface area contributed by atoms with E-state index in [-0.39, 0.29) is 18.1 Å². The van der Waals surface area contributed by atoms with E-state index in [1.807, 2.05) is 17.5 Å². The van der Waals surface area contributed by atoms with E-state index in [0.29, 0.717) is 5.70 Å². The van der Waals surface area contributed by atoms with Crippen molar-refractivity contribution in [2.24, 2.45) is 4.99 Å². The largest absolute Gasteiger partial charge is 0.508 e. The number of benzene rings is 2. The average molecular weight is 343 g/mol. The van der Waals surface area contributed by atoms with Crippen molar-refractivity contribution in [2.75, 3.05) is 6.61 Å². The van der Waals surface area contributed by atoms with E-state index in [4.69, 9.17) is 4.74 Å². The average Bonchev–Trinajstić information content (AvgIpc) is 3.02. The summed E-state index contributed by atoms with van der Waals surface area (Å²) in [5.41, 5.74) is 1.13. The first-order chi connectivity index (χ1) is 11.6. The van der Waals surface area contributed by atoms with E-state index in [1.54, 1.807) is 43.3 Å². The Labute approximate surface area is 142 Å². The number of nitrogens with zero attached hydrogens (tertiary/aromatic N) is 1. The number of rotatable bonds is 4. The van der Waals surface area contributed by atoms with Gasteiger partial charge in [-0.15, -0.1) is 0 Å². The lowest BCUT2D eigenvalue weighted by Gasteiger charge is -2.16. The minimum absolute atomic E-state index is 0.171. The number of phenols is 2. The van der Waals surface area contributed by atoms with Gasteiger partial charge in [0.25, 0.3) is 0 Å². The van der Waals surface area contributed by atoms with E-state index < -0.39 is 16.9 Å². The molecule has 1 aliphatic heterocycles. The molecular weight excluding hydrogens is 326 g/mol. The van der Waals surface area contributed by atoms with Gasteiger partial charge >= 0.3 is 5.97 Å². The fourth-order valence-electron chi connectivity index (χ4n) is 2.31. The summed E-state index contributed by atoms with van der Waals surface area (Å²) in [5, 5.41) is 21.5. The molecule has 1 unspecified atom stereocenters. The molecule has 0 amide bonds. The van der Waals surface area contributed by atoms with Crippen LogP contribution in [0.2, 0.25) is 0 Å². The maximum absolute atomic E-state index is 12.0. The number of aromatic hydroxyl groups is 2. The van der Waals surface area contributed by atoms with Gasteiger partial charge in [0.1, 0.15) is 11.5 Å². The topological polar surface area (TPSA) is 79.1 Å². The molecule has 0 fully saturated rings. The summed E-state index contributed by atoms with van der Waals surface area (Å²) < 4.78 is 5.05. The molecule has 0 radical (unpaired) electrons. The van der Waals surface area contributed by atoms with Crippen molar-refractivity contribution in [2.45, 2.75) is 11.8 Å². The molecule has 1 heterocycles. The van der Waals surface area contributed by atoms with Crippen LogP contribution in [0.25, 0.3) is 0 Å². The zero-order valence-corrected chi connectivity index (χ0v) is 13.9. The minimum Gasteiger partial charge on any atom is -0.508 e. The monoisotopic (exact) mass is 343 g/mol. The van der Waals surface area contributed by atoms with Gasteiger partial charge in [-0.05, 0) is 65.8 Å². The highest BCUT2D eigenvalue weighted by atomic mass is 32.2. The zero-order valence-electron chi connectivity index (χ0n) is 13.0. The maximum atomic E-state index is 12.0. The maximum Gasteiger partial charge on any atom is 0.357 e. The Morgan fingerprint density at radius 1 is 1.04 bits per heavy atom. The Morgan fingerprint density at radius 3 is 2.21 bits per heavy atom. The van der Waals surface area contributed by atoms with Crippen molar-refractivity contribution in [3.63, 3.8) is 0 Å². The normalized spacial score (nSPS) is 18.0. The van der Waals surface area contributed by atoms with Gasteiger partial charge in [-0.3, -0.25) is 0 Å². The van der Waals surface area contributed by atoms with E-state index in [9.17, 15) is 15.0 Å². The number of esters is 1. The second-order valence-electron chi connectivity index (χ2n) is 5.10. The second kappa shape index (κ2) is 6.80. The summed E-state index contributed by atoms with van der Waals surface area (Å²) in [6.07, 6.45) is 0. The van der Waals surface area contributed by atoms with E-state index >= 15 is 0 Å². The second-order valence-corrected chi connectivity index (χ2v) is 7.04. The predicted molar refractivity (Wildman–Crippen MR) is 94.7 cm³/mol. The highest BCUT2D eigenvalue weighted by Crippen LogP contribution is 2.47. The summed E-state index contributed by atoms with van der Waals surface area (Å²) in [5.74, 6) is -0.0897. The van der Waals surface area contributed by atoms with E-state index in [0.717, 1.165) is 15.5 Å². The molecule has 6 heteroatoms. The summed E-state index contributed by atoms with van der Waals surface area (Å²) >= 11 is 0. The third-order valence-corrected chi connectivity index (χ3v) is 5.62. The van der Waals surface area contributed by atoms with Crippen LogP contribution in [0, 0.1) is 0 Å². The van der Waals surface area contributed by atoms with Crippen LogP contribution in [0.15, 0.2) is 69.5 Å². The van der Waals surface area contributed by atoms with Crippen LogP contribution in [-0.4, -0.2) is 27.8 Å². The van der Waals surface area contributed by atoms with Crippen molar-refractivity contribution in [3.8, 4) is 11.5 Å². The third-order valence-electron chi connectivity index (χ3n) is 3.44. The van der Waals surface area contributed by atoms with Gasteiger partial charge in [0.05, 0.1) is 11.7 Å². The van der Waals surface area contributed by atoms with Crippen molar-refractivity contribution < 1.29 is 19.7 Å². The van der Waals surface area contributed by atoms with Crippen LogP contribution in [0.4, 0.5) is 0 Å². The fourth-order valence-corrected chi connectivity index (χ4v) is 4.34. The summed E-state index contributed by atoms with van der Waals surface area (Å²) in [7, 11) is -0.990. The van der Waals surface area contributed by atoms with Crippen LogP contribution >= 0.6 is 10.9 Å². The first kappa shape index (κ1) is 16.1. The quantitative estimate of drug-likeness (QED) is 0.588. The van der Waals surface area contributed by atoms with Crippen LogP contribution in [0.5, 0.6) is 11.5 Å². The van der Waals surface area contributed by atoms with Crippen molar-refractivity contribution >= 4 is 21.9 Å². The first-order valence-corrected chi connectivity index (χ1v) is 8.85. The molecule has 3 rings (SSSR count). The number of phenolic OH excluding ortho intramolecular Hbond substituents is 2. The van der Waals surface area contributed by atoms with Gasteiger partial charge in [0.2, 0.25) is 0 Å². The molecule has 0 spiro atoms. The van der Waals surface area contributed by atoms with Gasteiger partial charge in [-0.25, -0.2) is 9.79 Å². The number of aliphatic imine (C=N–C) groups is 1. The highest BCUT2D eigenvalue weighted by Gasteiger charge is 2.25. The lowest BCUT2D eigenvalue weighted by Crippen LogP contribution is -2.05. The minimum atomic E-state index is -0.990. The fraction of sp³-hybridized carbons (Fsp3) is 0.111. The predicted octanol–water partition coefficient (Wildman–Crippen LogP) is 3.32. The molecule has 1 atom stereocenters. The summed E-state index contributed by atoms with van der Waals surface area (Å²) in [4.78, 5) is 17.5. The van der Waals surface area contributed by atoms with Crippen molar-refractivity contribution in [3.05, 3.63) is 65.2 Å². The third kappa shape index (κ3) is 3.28. The molecule has 0 aliphatic carbocycles. The lowest BCUT2D eigenvalue weighted by molar-refractivity contribution is -0.138. The van der Waals surface area contributed by atoms with E-state index in [1.165, 1.54) is 0 Å². The summed E-state index contributed by atoms with van der Waals surface area (Å²) in [6, 6.07) is 13.6. The molecule has 0 saturated carbocycles. The molecule has 0 saturated heterocycles. The number of thiol groups is 1. The molecule has 1 aliphatic rings. The Bertz CT molecular complexity index is 810. The molecule has 24 heavy (non-hydrogen) atoms. The number of ether oxygens (including phenoxy) is 1. The molecule has 2 aromatic rings. The lowest BCUT2D eigenvalue weighted by atomic mass is 10.2. The molecular formula is C18H17NO4S. The Balaban J connectivity index is 2.02. The zero-order chi connectivity index (χ0) is 17.1. The summed E-state index contributed by atoms with van der Waals surface area (Å²) in [6.45, 7) is 2.04. The molecule has 5 nitrogen and oxygen atoms in total. The van der Waals surface area contributed by atoms with Crippen LogP contribution in [0.3, 0.4) is 0 Å². The number of carbonyl (C=O) groups is 1. The van der Waals surface area contributed by atoms with E-state index in [2.05, 4.69) is 4.99 Å². The van der Waals surface area contributed by atoms with Crippen molar-refractivity contribution in [1.82, 2.24) is 0 Å². The van der Waals surface area contributed by atoms with Gasteiger partial charge in [-0.1, -0.05) is 0 Å². The molecule has 2 aromatic carbocycles. The standard InChI is InChI=1S/C18H17NO4S/c1-2-23-18(22)16-11-24(15-9-7-14(21)8-10-15)17(19-16)12-3-5-13(20)6-4-12/h3-11,20-21,24H,2H2,1H3. The van der Waals surface area contributed by atoms with Gasteiger partial charge in [-0.2, -0.15) is 10.9 Å². The van der Waals surface area contributed by atoms with Crippen LogP contribution in [0.1, 0.15) is 12.5 Å². The number of hydrogen-bond acceptors (Lipinski definition) is 5. The molecule has 124 valence electrons. The molecule has 2 N–H and O–H groups in total. The first-order valence-electron chi connectivity index (χ1n) is 7.44. The van der Waals surface area contributed by atoms with Gasteiger partial charge < -0.3 is 14.9 Å². The Kier molecular flexibility index (Phi) is 4.57. The Hall–Kier alpha value is -2.73. The van der Waals surface area contributed by atoms with Gasteiger partial charge in [0.15, 0.2) is 5.70 Å². The smallest absolute Gasteiger partial charge is 0.357 e. The molecule has 0 aromatic heterocycles.